The minimum Gasteiger partial charge on any atom is -0.322 e. The fourth-order valence-electron chi connectivity index (χ4n) is 2.68. The highest BCUT2D eigenvalue weighted by Crippen LogP contribution is 2.46. The number of aromatic nitrogens is 2. The summed E-state index contributed by atoms with van der Waals surface area (Å²) in [7, 11) is 0. The summed E-state index contributed by atoms with van der Waals surface area (Å²) in [5.41, 5.74) is 4.76. The predicted molar refractivity (Wildman–Crippen MR) is 92.2 cm³/mol. The summed E-state index contributed by atoms with van der Waals surface area (Å²) in [6.45, 7) is 2.08. The third-order valence-corrected chi connectivity index (χ3v) is 4.96. The molecule has 22 heavy (non-hydrogen) atoms. The van der Waals surface area contributed by atoms with E-state index in [1.807, 2.05) is 24.5 Å². The second-order valence-electron chi connectivity index (χ2n) is 5.71. The molecular formula is C18H17N3S. The van der Waals surface area contributed by atoms with Gasteiger partial charge in [0.25, 0.3) is 0 Å². The third kappa shape index (κ3) is 2.55. The first-order valence-corrected chi connectivity index (χ1v) is 8.36. The summed E-state index contributed by atoms with van der Waals surface area (Å²) in [5, 5.41) is 2.19. The lowest BCUT2D eigenvalue weighted by Crippen LogP contribution is -1.97. The van der Waals surface area contributed by atoms with Crippen molar-refractivity contribution >= 4 is 28.5 Å². The van der Waals surface area contributed by atoms with Crippen molar-refractivity contribution in [2.75, 3.05) is 4.72 Å². The summed E-state index contributed by atoms with van der Waals surface area (Å²) in [5.74, 6) is 0.680. The summed E-state index contributed by atoms with van der Waals surface area (Å²) < 4.78 is 3.53. The van der Waals surface area contributed by atoms with Crippen LogP contribution in [-0.4, -0.2) is 9.97 Å². The van der Waals surface area contributed by atoms with E-state index in [1.165, 1.54) is 29.4 Å². The Morgan fingerprint density at radius 2 is 1.86 bits per heavy atom. The van der Waals surface area contributed by atoms with Crippen LogP contribution in [0.4, 0.5) is 5.69 Å². The van der Waals surface area contributed by atoms with Crippen LogP contribution >= 0.6 is 11.9 Å². The van der Waals surface area contributed by atoms with Gasteiger partial charge in [0.05, 0.1) is 11.2 Å². The van der Waals surface area contributed by atoms with Crippen molar-refractivity contribution < 1.29 is 0 Å². The molecule has 2 aromatic heterocycles. The van der Waals surface area contributed by atoms with E-state index < -0.39 is 0 Å². The second-order valence-corrected chi connectivity index (χ2v) is 6.50. The van der Waals surface area contributed by atoms with Crippen LogP contribution in [0.3, 0.4) is 0 Å². The largest absolute Gasteiger partial charge is 0.322 e. The average Bonchev–Trinajstić information content (AvgIpc) is 3.38. The lowest BCUT2D eigenvalue weighted by molar-refractivity contribution is 1.08. The Morgan fingerprint density at radius 3 is 2.68 bits per heavy atom. The number of aryl methyl sites for hydroxylation is 1. The number of hydrogen-bond donors (Lipinski definition) is 1. The van der Waals surface area contributed by atoms with Crippen molar-refractivity contribution in [3.63, 3.8) is 0 Å². The van der Waals surface area contributed by atoms with Gasteiger partial charge in [0.2, 0.25) is 0 Å². The monoisotopic (exact) mass is 307 g/mol. The van der Waals surface area contributed by atoms with Gasteiger partial charge in [0.15, 0.2) is 0 Å². The standard InChI is InChI=1S/C18H17N3S/c1-12-4-2-11-20-18(12)22-21-17-15(13-6-7-13)9-8-14-5-3-10-19-16(14)17/h2-5,8-11,13,21H,6-7H2,1H3. The van der Waals surface area contributed by atoms with Crippen LogP contribution in [0.15, 0.2) is 53.8 Å². The van der Waals surface area contributed by atoms with Gasteiger partial charge < -0.3 is 4.72 Å². The molecule has 3 aromatic rings. The second kappa shape index (κ2) is 5.61. The molecule has 0 saturated heterocycles. The van der Waals surface area contributed by atoms with Crippen molar-refractivity contribution in [2.45, 2.75) is 30.7 Å². The van der Waals surface area contributed by atoms with Crippen LogP contribution in [0.5, 0.6) is 0 Å². The summed E-state index contributed by atoms with van der Waals surface area (Å²) in [6.07, 6.45) is 6.25. The van der Waals surface area contributed by atoms with Crippen LogP contribution < -0.4 is 4.72 Å². The Hall–Kier alpha value is -2.07. The lowest BCUT2D eigenvalue weighted by atomic mass is 10.1. The molecule has 0 aliphatic heterocycles. The van der Waals surface area contributed by atoms with Crippen LogP contribution in [0, 0.1) is 6.92 Å². The lowest BCUT2D eigenvalue weighted by Gasteiger charge is -2.13. The fraction of sp³-hybridized carbons (Fsp3) is 0.222. The highest BCUT2D eigenvalue weighted by molar-refractivity contribution is 8.00. The molecule has 1 saturated carbocycles. The van der Waals surface area contributed by atoms with E-state index >= 15 is 0 Å². The van der Waals surface area contributed by atoms with Gasteiger partial charge in [0, 0.05) is 29.7 Å². The van der Waals surface area contributed by atoms with Crippen LogP contribution in [0.2, 0.25) is 0 Å². The highest BCUT2D eigenvalue weighted by atomic mass is 32.2. The maximum Gasteiger partial charge on any atom is 0.119 e. The zero-order chi connectivity index (χ0) is 14.9. The van der Waals surface area contributed by atoms with Gasteiger partial charge in [-0.25, -0.2) is 4.98 Å². The van der Waals surface area contributed by atoms with Crippen molar-refractivity contribution in [1.82, 2.24) is 9.97 Å². The van der Waals surface area contributed by atoms with E-state index in [4.69, 9.17) is 0 Å². The molecule has 0 unspecified atom stereocenters. The Morgan fingerprint density at radius 1 is 1.05 bits per heavy atom. The molecule has 1 fully saturated rings. The number of rotatable bonds is 4. The molecule has 0 bridgehead atoms. The SMILES string of the molecule is Cc1cccnc1SNc1c(C2CC2)ccc2cccnc12. The van der Waals surface area contributed by atoms with Gasteiger partial charge in [-0.1, -0.05) is 24.3 Å². The van der Waals surface area contributed by atoms with Gasteiger partial charge in [-0.15, -0.1) is 0 Å². The number of anilines is 1. The van der Waals surface area contributed by atoms with Crippen molar-refractivity contribution in [3.8, 4) is 0 Å². The van der Waals surface area contributed by atoms with E-state index in [1.54, 1.807) is 11.9 Å². The number of pyridine rings is 2. The van der Waals surface area contributed by atoms with Crippen molar-refractivity contribution in [3.05, 3.63) is 59.9 Å². The zero-order valence-corrected chi connectivity index (χ0v) is 13.2. The molecule has 1 aliphatic carbocycles. The smallest absolute Gasteiger partial charge is 0.119 e. The van der Waals surface area contributed by atoms with E-state index in [0.29, 0.717) is 5.92 Å². The molecule has 0 radical (unpaired) electrons. The van der Waals surface area contributed by atoms with E-state index in [2.05, 4.69) is 45.9 Å². The molecule has 0 spiro atoms. The molecule has 0 atom stereocenters. The molecule has 1 aliphatic rings. The fourth-order valence-corrected chi connectivity index (χ4v) is 3.44. The zero-order valence-electron chi connectivity index (χ0n) is 12.4. The number of hydrogen-bond acceptors (Lipinski definition) is 4. The molecule has 4 rings (SSSR count). The molecule has 3 nitrogen and oxygen atoms in total. The normalized spacial score (nSPS) is 14.2. The molecule has 0 amide bonds. The highest BCUT2D eigenvalue weighted by Gasteiger charge is 2.27. The minimum atomic E-state index is 0.680. The molecule has 110 valence electrons. The maximum atomic E-state index is 4.59. The average molecular weight is 307 g/mol. The first kappa shape index (κ1) is 13.6. The Labute approximate surface area is 134 Å². The topological polar surface area (TPSA) is 37.8 Å². The van der Waals surface area contributed by atoms with Crippen LogP contribution in [0.1, 0.15) is 29.9 Å². The first-order valence-electron chi connectivity index (χ1n) is 7.55. The van der Waals surface area contributed by atoms with E-state index in [9.17, 15) is 0 Å². The van der Waals surface area contributed by atoms with Crippen LogP contribution in [0.25, 0.3) is 10.9 Å². The minimum absolute atomic E-state index is 0.680. The molecule has 4 heteroatoms. The molecule has 1 N–H and O–H groups in total. The van der Waals surface area contributed by atoms with Crippen molar-refractivity contribution in [1.29, 1.82) is 0 Å². The van der Waals surface area contributed by atoms with Crippen LogP contribution in [-0.2, 0) is 0 Å². The number of nitrogens with one attached hydrogen (secondary N) is 1. The van der Waals surface area contributed by atoms with E-state index in [-0.39, 0.29) is 0 Å². The Bertz CT molecular complexity index is 827. The summed E-state index contributed by atoms with van der Waals surface area (Å²) >= 11 is 1.57. The first-order chi connectivity index (χ1) is 10.8. The number of fused-ring (bicyclic) bond motifs is 1. The van der Waals surface area contributed by atoms with E-state index in [0.717, 1.165) is 16.2 Å². The molecular weight excluding hydrogens is 290 g/mol. The van der Waals surface area contributed by atoms with Gasteiger partial charge in [-0.3, -0.25) is 4.98 Å². The third-order valence-electron chi connectivity index (χ3n) is 4.04. The number of nitrogens with zero attached hydrogens (tertiary/aromatic N) is 2. The summed E-state index contributed by atoms with van der Waals surface area (Å²) in [4.78, 5) is 9.03. The quantitative estimate of drug-likeness (QED) is 0.693. The Balaban J connectivity index is 1.73. The molecule has 1 aromatic carbocycles. The van der Waals surface area contributed by atoms with Gasteiger partial charge >= 0.3 is 0 Å². The molecule has 2 heterocycles. The van der Waals surface area contributed by atoms with Gasteiger partial charge in [-0.05, 0) is 48.9 Å². The maximum absolute atomic E-state index is 4.59. The number of benzene rings is 1. The van der Waals surface area contributed by atoms with Crippen molar-refractivity contribution in [2.24, 2.45) is 0 Å². The predicted octanol–water partition coefficient (Wildman–Crippen LogP) is 4.93. The Kier molecular flexibility index (Phi) is 3.47. The van der Waals surface area contributed by atoms with Gasteiger partial charge in [-0.2, -0.15) is 0 Å². The summed E-state index contributed by atoms with van der Waals surface area (Å²) in [6, 6.07) is 12.6. The van der Waals surface area contributed by atoms with Gasteiger partial charge in [0.1, 0.15) is 5.03 Å².